The predicted molar refractivity (Wildman–Crippen MR) is 90.8 cm³/mol. The zero-order chi connectivity index (χ0) is 16.6. The molecule has 1 aliphatic heterocycles. The quantitative estimate of drug-likeness (QED) is 0.662. The van der Waals surface area contributed by atoms with Gasteiger partial charge < -0.3 is 5.32 Å². The molecule has 0 spiro atoms. The highest BCUT2D eigenvalue weighted by molar-refractivity contribution is 6.09. The van der Waals surface area contributed by atoms with Crippen LogP contribution in [-0.4, -0.2) is 11.3 Å². The number of halogens is 1. The minimum absolute atomic E-state index is 0.0708. The van der Waals surface area contributed by atoms with Gasteiger partial charge in [-0.2, -0.15) is 0 Å². The summed E-state index contributed by atoms with van der Waals surface area (Å²) in [7, 11) is 0. The monoisotopic (exact) mass is 309 g/mol. The lowest BCUT2D eigenvalue weighted by Gasteiger charge is -2.35. The van der Waals surface area contributed by atoms with Crippen molar-refractivity contribution in [3.05, 3.63) is 76.6 Å². The van der Waals surface area contributed by atoms with Gasteiger partial charge in [0.15, 0.2) is 5.78 Å². The molecule has 0 saturated heterocycles. The second-order valence-electron chi connectivity index (χ2n) is 6.72. The molecule has 0 bridgehead atoms. The van der Waals surface area contributed by atoms with Crippen molar-refractivity contribution in [3.8, 4) is 0 Å². The van der Waals surface area contributed by atoms with Gasteiger partial charge in [-0.1, -0.05) is 30.3 Å². The SMILES string of the molecule is Cc1ccccc1C(=O)/C=C1\NC(C)(C)Cc2ccc(F)cc21. The van der Waals surface area contributed by atoms with Crippen molar-refractivity contribution < 1.29 is 9.18 Å². The fraction of sp³-hybridized carbons (Fsp3) is 0.250. The van der Waals surface area contributed by atoms with Gasteiger partial charge in [-0.25, -0.2) is 4.39 Å². The third-order valence-electron chi connectivity index (χ3n) is 4.15. The van der Waals surface area contributed by atoms with Crippen LogP contribution in [0, 0.1) is 12.7 Å². The predicted octanol–water partition coefficient (Wildman–Crippen LogP) is 4.28. The van der Waals surface area contributed by atoms with Gasteiger partial charge in [0.25, 0.3) is 0 Å². The van der Waals surface area contributed by atoms with Crippen LogP contribution in [0.3, 0.4) is 0 Å². The van der Waals surface area contributed by atoms with Crippen molar-refractivity contribution in [3.63, 3.8) is 0 Å². The third-order valence-corrected chi connectivity index (χ3v) is 4.15. The number of allylic oxidation sites excluding steroid dienone is 1. The van der Waals surface area contributed by atoms with E-state index in [4.69, 9.17) is 0 Å². The summed E-state index contributed by atoms with van der Waals surface area (Å²) in [6, 6.07) is 12.3. The molecule has 2 nitrogen and oxygen atoms in total. The number of benzene rings is 2. The molecule has 3 rings (SSSR count). The molecule has 2 aromatic rings. The van der Waals surface area contributed by atoms with Crippen LogP contribution in [0.25, 0.3) is 5.70 Å². The van der Waals surface area contributed by atoms with Gasteiger partial charge in [-0.05, 0) is 50.5 Å². The van der Waals surface area contributed by atoms with Crippen LogP contribution in [0.15, 0.2) is 48.5 Å². The second kappa shape index (κ2) is 5.65. The molecule has 118 valence electrons. The average molecular weight is 309 g/mol. The van der Waals surface area contributed by atoms with Crippen molar-refractivity contribution in [1.29, 1.82) is 0 Å². The van der Waals surface area contributed by atoms with E-state index in [2.05, 4.69) is 19.2 Å². The van der Waals surface area contributed by atoms with E-state index in [1.165, 1.54) is 12.1 Å². The first-order valence-electron chi connectivity index (χ1n) is 7.74. The molecule has 0 atom stereocenters. The summed E-state index contributed by atoms with van der Waals surface area (Å²) in [6.07, 6.45) is 2.38. The summed E-state index contributed by atoms with van der Waals surface area (Å²) in [5.41, 5.74) is 3.93. The van der Waals surface area contributed by atoms with Crippen LogP contribution in [0.4, 0.5) is 4.39 Å². The molecule has 0 aliphatic carbocycles. The molecule has 0 radical (unpaired) electrons. The fourth-order valence-electron chi connectivity index (χ4n) is 3.08. The maximum atomic E-state index is 13.6. The van der Waals surface area contributed by atoms with Gasteiger partial charge in [0.05, 0.1) is 0 Å². The Kier molecular flexibility index (Phi) is 3.80. The molecule has 1 heterocycles. The fourth-order valence-corrected chi connectivity index (χ4v) is 3.08. The Morgan fingerprint density at radius 2 is 1.96 bits per heavy atom. The van der Waals surface area contributed by atoms with E-state index in [-0.39, 0.29) is 17.1 Å². The first-order valence-corrected chi connectivity index (χ1v) is 7.74. The van der Waals surface area contributed by atoms with E-state index in [9.17, 15) is 9.18 Å². The van der Waals surface area contributed by atoms with E-state index in [1.54, 1.807) is 12.1 Å². The smallest absolute Gasteiger partial charge is 0.188 e. The molecule has 0 unspecified atom stereocenters. The lowest BCUT2D eigenvalue weighted by atomic mass is 9.85. The minimum atomic E-state index is -0.292. The minimum Gasteiger partial charge on any atom is -0.379 e. The highest BCUT2D eigenvalue weighted by atomic mass is 19.1. The Labute approximate surface area is 136 Å². The van der Waals surface area contributed by atoms with Crippen LogP contribution in [-0.2, 0) is 6.42 Å². The van der Waals surface area contributed by atoms with E-state index in [0.717, 1.165) is 23.1 Å². The summed E-state index contributed by atoms with van der Waals surface area (Å²) in [5, 5.41) is 3.37. The van der Waals surface area contributed by atoms with Crippen molar-refractivity contribution in [2.24, 2.45) is 0 Å². The first kappa shape index (κ1) is 15.5. The number of fused-ring (bicyclic) bond motifs is 1. The normalized spacial score (nSPS) is 17.5. The average Bonchev–Trinajstić information content (AvgIpc) is 2.47. The Morgan fingerprint density at radius 1 is 1.22 bits per heavy atom. The lowest BCUT2D eigenvalue weighted by molar-refractivity contribution is 0.104. The summed E-state index contributed by atoms with van der Waals surface area (Å²) in [5.74, 6) is -0.363. The topological polar surface area (TPSA) is 29.1 Å². The van der Waals surface area contributed by atoms with Crippen molar-refractivity contribution >= 4 is 11.5 Å². The molecular formula is C20H20FNO. The third kappa shape index (κ3) is 3.19. The molecule has 0 fully saturated rings. The van der Waals surface area contributed by atoms with Gasteiger partial charge in [-0.15, -0.1) is 0 Å². The van der Waals surface area contributed by atoms with Crippen LogP contribution >= 0.6 is 0 Å². The number of hydrogen-bond donors (Lipinski definition) is 1. The van der Waals surface area contributed by atoms with Crippen LogP contribution in [0.5, 0.6) is 0 Å². The largest absolute Gasteiger partial charge is 0.379 e. The zero-order valence-corrected chi connectivity index (χ0v) is 13.6. The van der Waals surface area contributed by atoms with E-state index in [1.807, 2.05) is 31.2 Å². The van der Waals surface area contributed by atoms with Crippen LogP contribution < -0.4 is 5.32 Å². The summed E-state index contributed by atoms with van der Waals surface area (Å²) in [4.78, 5) is 12.6. The molecule has 0 aromatic heterocycles. The van der Waals surface area contributed by atoms with E-state index >= 15 is 0 Å². The molecule has 0 amide bonds. The van der Waals surface area contributed by atoms with Gasteiger partial charge in [0.1, 0.15) is 5.82 Å². The van der Waals surface area contributed by atoms with Gasteiger partial charge in [-0.3, -0.25) is 4.79 Å². The van der Waals surface area contributed by atoms with Gasteiger partial charge >= 0.3 is 0 Å². The Bertz CT molecular complexity index is 805. The maximum absolute atomic E-state index is 13.6. The first-order chi connectivity index (χ1) is 10.9. The molecule has 3 heteroatoms. The highest BCUT2D eigenvalue weighted by Gasteiger charge is 2.28. The van der Waals surface area contributed by atoms with E-state index in [0.29, 0.717) is 11.3 Å². The maximum Gasteiger partial charge on any atom is 0.188 e. The molecule has 2 aromatic carbocycles. The Balaban J connectivity index is 2.07. The molecule has 23 heavy (non-hydrogen) atoms. The number of carbonyl (C=O) groups is 1. The lowest BCUT2D eigenvalue weighted by Crippen LogP contribution is -2.43. The van der Waals surface area contributed by atoms with Crippen LogP contribution in [0.2, 0.25) is 0 Å². The summed E-state index contributed by atoms with van der Waals surface area (Å²) < 4.78 is 13.6. The Hall–Kier alpha value is -2.42. The number of aryl methyl sites for hydroxylation is 1. The number of ketones is 1. The summed E-state index contributed by atoms with van der Waals surface area (Å²) >= 11 is 0. The standard InChI is InChI=1S/C20H20FNO/c1-13-6-4-5-7-16(13)19(23)11-18-17-10-15(21)9-8-14(17)12-20(2,3)22-18/h4-11,22H,12H2,1-3H3/b18-11-. The number of rotatable bonds is 2. The van der Waals surface area contributed by atoms with Crippen molar-refractivity contribution in [2.75, 3.05) is 0 Å². The molecule has 1 aliphatic rings. The van der Waals surface area contributed by atoms with Gasteiger partial charge in [0, 0.05) is 28.4 Å². The summed E-state index contributed by atoms with van der Waals surface area (Å²) in [6.45, 7) is 6.06. The number of nitrogens with one attached hydrogen (secondary N) is 1. The van der Waals surface area contributed by atoms with Crippen molar-refractivity contribution in [2.45, 2.75) is 32.7 Å². The second-order valence-corrected chi connectivity index (χ2v) is 6.72. The highest BCUT2D eigenvalue weighted by Crippen LogP contribution is 2.30. The number of hydrogen-bond acceptors (Lipinski definition) is 2. The van der Waals surface area contributed by atoms with Crippen LogP contribution in [0.1, 0.15) is 40.9 Å². The Morgan fingerprint density at radius 3 is 2.70 bits per heavy atom. The molecule has 1 N–H and O–H groups in total. The van der Waals surface area contributed by atoms with E-state index < -0.39 is 0 Å². The molecule has 0 saturated carbocycles. The van der Waals surface area contributed by atoms with Gasteiger partial charge in [0.2, 0.25) is 0 Å². The van der Waals surface area contributed by atoms with Crippen molar-refractivity contribution in [1.82, 2.24) is 5.32 Å². The molecular weight excluding hydrogens is 289 g/mol. The number of carbonyl (C=O) groups excluding carboxylic acids is 1. The zero-order valence-electron chi connectivity index (χ0n) is 13.6.